The normalized spacial score (nSPS) is 12.0. The second kappa shape index (κ2) is 23.3. The first kappa shape index (κ1) is 39.1. The van der Waals surface area contributed by atoms with Gasteiger partial charge in [-0.15, -0.1) is 0 Å². The average molecular weight is 667 g/mol. The van der Waals surface area contributed by atoms with Crippen molar-refractivity contribution in [2.75, 3.05) is 0 Å². The van der Waals surface area contributed by atoms with Crippen LogP contribution in [0.5, 0.6) is 11.5 Å². The quantitative estimate of drug-likeness (QED) is 0.0834. The van der Waals surface area contributed by atoms with Gasteiger partial charge in [0.25, 0.3) is 0 Å². The van der Waals surface area contributed by atoms with Crippen LogP contribution in [0.25, 0.3) is 0 Å². The monoisotopic (exact) mass is 666 g/mol. The van der Waals surface area contributed by atoms with Gasteiger partial charge in [0.2, 0.25) is 0 Å². The predicted molar refractivity (Wildman–Crippen MR) is 184 cm³/mol. The van der Waals surface area contributed by atoms with E-state index >= 15 is 0 Å². The van der Waals surface area contributed by atoms with E-state index in [1.165, 1.54) is 108 Å². The number of hydrogen-bond donors (Lipinski definition) is 0. The van der Waals surface area contributed by atoms with Crippen molar-refractivity contribution in [2.45, 2.75) is 155 Å². The van der Waals surface area contributed by atoms with Crippen molar-refractivity contribution in [3.05, 3.63) is 59.7 Å². The summed E-state index contributed by atoms with van der Waals surface area (Å²) >= 11 is 0. The fourth-order valence-electron chi connectivity index (χ4n) is 5.63. The number of unbranched alkanes of at least 4 members (excludes halogenated alkanes) is 18. The van der Waals surface area contributed by atoms with Crippen molar-refractivity contribution < 1.29 is 28.8 Å². The summed E-state index contributed by atoms with van der Waals surface area (Å²) in [5.74, 6) is 0.0539. The van der Waals surface area contributed by atoms with Crippen LogP contribution in [0.3, 0.4) is 0 Å². The van der Waals surface area contributed by atoms with E-state index in [9.17, 15) is 16.8 Å². The van der Waals surface area contributed by atoms with Crippen molar-refractivity contribution in [1.82, 2.24) is 0 Å². The Kier molecular flexibility index (Phi) is 20.2. The summed E-state index contributed by atoms with van der Waals surface area (Å²) in [6.45, 7) is 4.47. The summed E-state index contributed by atoms with van der Waals surface area (Å²) in [4.78, 5) is 0. The van der Waals surface area contributed by atoms with Crippen LogP contribution >= 0.6 is 0 Å². The zero-order valence-corrected chi connectivity index (χ0v) is 29.5. The molecular weight excluding hydrogens is 609 g/mol. The second-order valence-corrected chi connectivity index (χ2v) is 14.6. The Morgan fingerprint density at radius 2 is 0.911 bits per heavy atom. The van der Waals surface area contributed by atoms with Gasteiger partial charge in [0.05, 0.1) is 0 Å². The predicted octanol–water partition coefficient (Wildman–Crippen LogP) is 10.6. The van der Waals surface area contributed by atoms with Crippen LogP contribution < -0.4 is 8.37 Å². The van der Waals surface area contributed by atoms with Crippen LogP contribution in [0.2, 0.25) is 0 Å². The molecule has 0 radical (unpaired) electrons. The zero-order valence-electron chi connectivity index (χ0n) is 27.8. The molecule has 0 unspecified atom stereocenters. The van der Waals surface area contributed by atoms with Crippen molar-refractivity contribution >= 4 is 20.8 Å². The summed E-state index contributed by atoms with van der Waals surface area (Å²) in [5.41, 5.74) is 1.85. The molecule has 0 fully saturated rings. The smallest absolute Gasteiger partial charge is 0.361 e. The van der Waals surface area contributed by atoms with E-state index in [4.69, 9.17) is 8.37 Å². The molecule has 0 spiro atoms. The van der Waals surface area contributed by atoms with Gasteiger partial charge in [0, 0.05) is 0 Å². The van der Waals surface area contributed by atoms with Crippen molar-refractivity contribution in [1.29, 1.82) is 0 Å². The van der Waals surface area contributed by atoms with Crippen molar-refractivity contribution in [3.63, 3.8) is 0 Å². The van der Waals surface area contributed by atoms with E-state index in [2.05, 4.69) is 17.5 Å². The van der Waals surface area contributed by atoms with Crippen LogP contribution in [0.1, 0.15) is 153 Å². The van der Waals surface area contributed by atoms with E-state index in [0.29, 0.717) is 6.42 Å². The van der Waals surface area contributed by atoms with Crippen LogP contribution in [0.15, 0.2) is 48.5 Å². The van der Waals surface area contributed by atoms with Gasteiger partial charge in [-0.2, -0.15) is 16.8 Å². The van der Waals surface area contributed by atoms with Crippen LogP contribution in [0.4, 0.5) is 0 Å². The molecule has 2 aromatic rings. The molecule has 2 rings (SSSR count). The van der Waals surface area contributed by atoms with E-state index < -0.39 is 20.8 Å². The molecule has 7 nitrogen and oxygen atoms in total. The molecule has 0 heterocycles. The van der Waals surface area contributed by atoms with Crippen molar-refractivity contribution in [2.24, 2.45) is 0 Å². The van der Waals surface area contributed by atoms with Crippen LogP contribution in [0, 0.1) is 0 Å². The number of para-hydroxylation sites is 1. The van der Waals surface area contributed by atoms with E-state index in [1.54, 1.807) is 30.3 Å². The zero-order chi connectivity index (χ0) is 32.6. The Labute approximate surface area is 275 Å². The lowest BCUT2D eigenvalue weighted by atomic mass is 9.95. The molecule has 2 aromatic carbocycles. The van der Waals surface area contributed by atoms with Gasteiger partial charge < -0.3 is 8.37 Å². The van der Waals surface area contributed by atoms with Gasteiger partial charge in [-0.3, -0.25) is 0 Å². The van der Waals surface area contributed by atoms with Gasteiger partial charge in [0.1, 0.15) is 11.5 Å². The summed E-state index contributed by atoms with van der Waals surface area (Å²) in [6, 6.07) is 12.9. The molecule has 0 bridgehead atoms. The highest BCUT2D eigenvalue weighted by Gasteiger charge is 2.28. The molecule has 0 aromatic heterocycles. The van der Waals surface area contributed by atoms with Gasteiger partial charge in [0.15, 0.2) is 0 Å². The Balaban J connectivity index is 1.97. The first-order chi connectivity index (χ1) is 21.8. The first-order valence-electron chi connectivity index (χ1n) is 17.5. The molecule has 0 N–H and O–H groups in total. The highest BCUT2D eigenvalue weighted by molar-refractivity contribution is 7.95. The molecule has 256 valence electrons. The minimum Gasteiger partial charge on any atom is -0.361 e. The highest BCUT2D eigenvalue weighted by Crippen LogP contribution is 2.29. The Bertz CT molecular complexity index is 1250. The number of benzene rings is 2. The number of aryl methyl sites for hydroxylation is 1. The van der Waals surface area contributed by atoms with E-state index in [-0.39, 0.29) is 11.5 Å². The fraction of sp³-hybridized carbons (Fsp3) is 0.667. The molecule has 0 amide bonds. The lowest BCUT2D eigenvalue weighted by Gasteiger charge is -2.15. The summed E-state index contributed by atoms with van der Waals surface area (Å²) in [5, 5.41) is 0. The van der Waals surface area contributed by atoms with Gasteiger partial charge in [-0.1, -0.05) is 163 Å². The molecule has 0 saturated carbocycles. The van der Waals surface area contributed by atoms with Crippen LogP contribution in [-0.4, -0.2) is 16.8 Å². The second-order valence-electron chi connectivity index (χ2n) is 12.1. The molecule has 0 aliphatic heterocycles. The van der Waals surface area contributed by atoms with Crippen molar-refractivity contribution in [3.8, 4) is 11.5 Å². The Morgan fingerprint density at radius 3 is 1.42 bits per heavy atom. The maximum absolute atomic E-state index is 12.8. The standard InChI is InChI=1S/C36H58O7S2/c1-3-5-7-9-11-13-15-17-19-22-27-33-28-26-32-36(35(33)31-25-20-18-16-14-12-10-8-6-4-2)42-45(39,40)43-44(37,38)41-34-29-23-21-24-30-34/h21,23-24,26,28-30,32H,3-20,22,25,27,31H2,1-2H3. The summed E-state index contributed by atoms with van der Waals surface area (Å²) in [7, 11) is -9.88. The molecule has 0 atom stereocenters. The third kappa shape index (κ3) is 18.6. The number of hydrogen-bond acceptors (Lipinski definition) is 7. The fourth-order valence-corrected chi connectivity index (χ4v) is 7.39. The minimum absolute atomic E-state index is 0.0622. The maximum atomic E-state index is 12.8. The largest absolute Gasteiger partial charge is 0.466 e. The number of rotatable bonds is 28. The van der Waals surface area contributed by atoms with Gasteiger partial charge in [-0.25, -0.2) is 0 Å². The van der Waals surface area contributed by atoms with Crippen LogP contribution in [-0.2, 0) is 37.3 Å². The lowest BCUT2D eigenvalue weighted by Crippen LogP contribution is -2.22. The van der Waals surface area contributed by atoms with Gasteiger partial charge in [-0.05, 0) is 55.0 Å². The highest BCUT2D eigenvalue weighted by atomic mass is 32.3. The average Bonchev–Trinajstić information content (AvgIpc) is 2.99. The first-order valence-corrected chi connectivity index (χ1v) is 20.2. The molecule has 45 heavy (non-hydrogen) atoms. The third-order valence-electron chi connectivity index (χ3n) is 8.11. The SMILES string of the molecule is CCCCCCCCCCCCc1cccc(OS(=O)(=O)OS(=O)(=O)Oc2ccccc2)c1CCCCCCCCCCCC. The minimum atomic E-state index is -4.96. The Morgan fingerprint density at radius 1 is 0.467 bits per heavy atom. The third-order valence-corrected chi connectivity index (χ3v) is 10.2. The maximum Gasteiger partial charge on any atom is 0.466 e. The molecule has 9 heteroatoms. The van der Waals surface area contributed by atoms with Gasteiger partial charge >= 0.3 is 20.8 Å². The topological polar surface area (TPSA) is 96.0 Å². The Hall–Kier alpha value is -2.10. The van der Waals surface area contributed by atoms with E-state index in [0.717, 1.165) is 49.7 Å². The lowest BCUT2D eigenvalue weighted by molar-refractivity contribution is 0.350. The molecule has 0 aliphatic rings. The molecular formula is C36H58O7S2. The molecule has 0 saturated heterocycles. The van der Waals surface area contributed by atoms with E-state index in [1.807, 2.05) is 6.07 Å². The molecule has 0 aliphatic carbocycles. The summed E-state index contributed by atoms with van der Waals surface area (Å²) in [6.07, 6.45) is 25.9. The summed E-state index contributed by atoms with van der Waals surface area (Å²) < 4.78 is 64.6.